The standard InChI is InChI=1S/C6H6N2O/c7-5-1-3-6(8-9)4-2-5/h1-4H,7H2/p+1. The van der Waals surface area contributed by atoms with E-state index in [1.54, 1.807) is 29.4 Å². The Morgan fingerprint density at radius 3 is 2.22 bits per heavy atom. The highest BCUT2D eigenvalue weighted by atomic mass is 16.3. The number of nitrogen functional groups attached to an aromatic ring is 1. The van der Waals surface area contributed by atoms with E-state index in [-0.39, 0.29) is 0 Å². The van der Waals surface area contributed by atoms with Gasteiger partial charge in [0.15, 0.2) is 0 Å². The van der Waals surface area contributed by atoms with Crippen molar-refractivity contribution in [1.82, 2.24) is 0 Å². The Balaban J connectivity index is 3.01. The minimum atomic E-state index is 0.532. The molecule has 3 nitrogen and oxygen atoms in total. The number of hydrogen-bond acceptors (Lipinski definition) is 2. The third-order valence-corrected chi connectivity index (χ3v) is 1.03. The van der Waals surface area contributed by atoms with Gasteiger partial charge in [-0.1, -0.05) is 0 Å². The van der Waals surface area contributed by atoms with Crippen LogP contribution in [0.1, 0.15) is 0 Å². The second-order valence-electron chi connectivity index (χ2n) is 1.72. The molecule has 0 aliphatic carbocycles. The topological polar surface area (TPSA) is 57.1 Å². The summed E-state index contributed by atoms with van der Waals surface area (Å²) in [5, 5.41) is 1.75. The lowest BCUT2D eigenvalue weighted by Crippen LogP contribution is -2.55. The van der Waals surface area contributed by atoms with E-state index in [0.717, 1.165) is 0 Å². The summed E-state index contributed by atoms with van der Waals surface area (Å²) in [6, 6.07) is 6.59. The number of nitrogens with two attached hydrogens (primary N) is 1. The SMILES string of the molecule is Nc1ccc([NH+]=O)cc1. The Morgan fingerprint density at radius 2 is 1.78 bits per heavy atom. The molecule has 3 N–H and O–H groups in total. The zero-order valence-electron chi connectivity index (χ0n) is 4.79. The lowest BCUT2D eigenvalue weighted by molar-refractivity contribution is -0.379. The van der Waals surface area contributed by atoms with Crippen molar-refractivity contribution < 1.29 is 5.18 Å². The minimum absolute atomic E-state index is 0.532. The van der Waals surface area contributed by atoms with Gasteiger partial charge in [0.2, 0.25) is 0 Å². The van der Waals surface area contributed by atoms with E-state index in [1.165, 1.54) is 0 Å². The van der Waals surface area contributed by atoms with E-state index < -0.39 is 0 Å². The van der Waals surface area contributed by atoms with Crippen LogP contribution in [0.5, 0.6) is 0 Å². The molecule has 0 fully saturated rings. The average Bonchev–Trinajstić information content (AvgIpc) is 1.90. The molecule has 0 spiro atoms. The maximum atomic E-state index is 9.95. The maximum absolute atomic E-state index is 9.95. The predicted octanol–water partition coefficient (Wildman–Crippen LogP) is -0.253. The van der Waals surface area contributed by atoms with Crippen molar-refractivity contribution in [2.45, 2.75) is 0 Å². The molecule has 0 aliphatic heterocycles. The summed E-state index contributed by atoms with van der Waals surface area (Å²) in [5.74, 6) is 0. The predicted molar refractivity (Wildman–Crippen MR) is 34.8 cm³/mol. The molecule has 0 amide bonds. The minimum Gasteiger partial charge on any atom is -0.399 e. The third kappa shape index (κ3) is 1.25. The molecule has 1 aromatic carbocycles. The summed E-state index contributed by atoms with van der Waals surface area (Å²) in [6.45, 7) is 0. The van der Waals surface area contributed by atoms with Crippen molar-refractivity contribution >= 4 is 11.4 Å². The molecule has 0 bridgehead atoms. The quantitative estimate of drug-likeness (QED) is 0.506. The van der Waals surface area contributed by atoms with Crippen LogP contribution in [0.15, 0.2) is 24.3 Å². The number of nitroso groups, excluding NO2 is 1. The molecule has 0 aliphatic rings. The van der Waals surface area contributed by atoms with E-state index in [1.807, 2.05) is 0 Å². The molecule has 0 heterocycles. The van der Waals surface area contributed by atoms with Gasteiger partial charge in [-0.2, -0.15) is 0 Å². The van der Waals surface area contributed by atoms with Crippen LogP contribution in [0.3, 0.4) is 0 Å². The molecular weight excluding hydrogens is 116 g/mol. The van der Waals surface area contributed by atoms with Gasteiger partial charge >= 0.3 is 0 Å². The third-order valence-electron chi connectivity index (χ3n) is 1.03. The van der Waals surface area contributed by atoms with Crippen LogP contribution in [-0.4, -0.2) is 0 Å². The van der Waals surface area contributed by atoms with Crippen LogP contribution in [0.2, 0.25) is 0 Å². The Morgan fingerprint density at radius 1 is 1.22 bits per heavy atom. The molecule has 3 heteroatoms. The van der Waals surface area contributed by atoms with E-state index in [2.05, 4.69) is 0 Å². The smallest absolute Gasteiger partial charge is 0.253 e. The van der Waals surface area contributed by atoms with Crippen LogP contribution >= 0.6 is 0 Å². The van der Waals surface area contributed by atoms with E-state index >= 15 is 0 Å². The zero-order valence-corrected chi connectivity index (χ0v) is 4.79. The first-order valence-electron chi connectivity index (χ1n) is 2.56. The largest absolute Gasteiger partial charge is 0.399 e. The number of nitrogens with one attached hydrogen (secondary N) is 1. The highest BCUT2D eigenvalue weighted by Crippen LogP contribution is 2.03. The van der Waals surface area contributed by atoms with Crippen molar-refractivity contribution in [2.24, 2.45) is 0 Å². The Kier molecular flexibility index (Phi) is 1.44. The van der Waals surface area contributed by atoms with Crippen LogP contribution in [0, 0.1) is 4.91 Å². The van der Waals surface area contributed by atoms with Crippen molar-refractivity contribution in [3.8, 4) is 0 Å². The Labute approximate surface area is 52.5 Å². The molecule has 9 heavy (non-hydrogen) atoms. The maximum Gasteiger partial charge on any atom is 0.253 e. The molecule has 1 rings (SSSR count). The number of benzene rings is 1. The zero-order chi connectivity index (χ0) is 6.69. The Hall–Kier alpha value is -1.38. The van der Waals surface area contributed by atoms with Crippen molar-refractivity contribution in [2.75, 3.05) is 5.73 Å². The second-order valence-corrected chi connectivity index (χ2v) is 1.72. The normalized spacial score (nSPS) is 8.89. The van der Waals surface area contributed by atoms with E-state index in [4.69, 9.17) is 5.73 Å². The molecule has 0 radical (unpaired) electrons. The number of anilines is 1. The van der Waals surface area contributed by atoms with Crippen molar-refractivity contribution in [3.63, 3.8) is 0 Å². The lowest BCUT2D eigenvalue weighted by Gasteiger charge is -1.85. The molecule has 1 aromatic rings. The van der Waals surface area contributed by atoms with Gasteiger partial charge in [-0.25, -0.2) is 0 Å². The fourth-order valence-corrected chi connectivity index (χ4v) is 0.551. The van der Waals surface area contributed by atoms with Gasteiger partial charge in [0.05, 0.1) is 0 Å². The van der Waals surface area contributed by atoms with Gasteiger partial charge in [-0.3, -0.25) is 0 Å². The van der Waals surface area contributed by atoms with Crippen molar-refractivity contribution in [3.05, 3.63) is 29.2 Å². The second kappa shape index (κ2) is 2.26. The van der Waals surface area contributed by atoms with Crippen LogP contribution in [0.25, 0.3) is 0 Å². The molecule has 0 unspecified atom stereocenters. The first-order chi connectivity index (χ1) is 4.33. The molecule has 46 valence electrons. The molecule has 0 saturated carbocycles. The first kappa shape index (κ1) is 5.75. The summed E-state index contributed by atoms with van der Waals surface area (Å²) >= 11 is 0. The van der Waals surface area contributed by atoms with Crippen LogP contribution in [0.4, 0.5) is 11.4 Å². The fourth-order valence-electron chi connectivity index (χ4n) is 0.551. The van der Waals surface area contributed by atoms with Crippen LogP contribution in [-0.2, 0) is 0 Å². The van der Waals surface area contributed by atoms with E-state index in [0.29, 0.717) is 11.4 Å². The highest BCUT2D eigenvalue weighted by molar-refractivity contribution is 5.43. The first-order valence-corrected chi connectivity index (χ1v) is 2.56. The van der Waals surface area contributed by atoms with Crippen LogP contribution < -0.4 is 10.9 Å². The number of rotatable bonds is 1. The summed E-state index contributed by atoms with van der Waals surface area (Å²) in [5.41, 5.74) is 6.54. The summed E-state index contributed by atoms with van der Waals surface area (Å²) in [7, 11) is 0. The fraction of sp³-hybridized carbons (Fsp3) is 0. The molecule has 0 saturated heterocycles. The van der Waals surface area contributed by atoms with Gasteiger partial charge in [-0.15, -0.1) is 0 Å². The van der Waals surface area contributed by atoms with Gasteiger partial charge in [0.1, 0.15) is 0 Å². The van der Waals surface area contributed by atoms with Gasteiger partial charge < -0.3 is 5.73 Å². The summed E-state index contributed by atoms with van der Waals surface area (Å²) in [4.78, 5) is 9.95. The summed E-state index contributed by atoms with van der Waals surface area (Å²) in [6.07, 6.45) is 0. The number of hydrogen-bond donors (Lipinski definition) is 2. The summed E-state index contributed by atoms with van der Waals surface area (Å²) < 4.78 is 0. The molecule has 0 aromatic heterocycles. The highest BCUT2D eigenvalue weighted by Gasteiger charge is 1.93. The monoisotopic (exact) mass is 123 g/mol. The van der Waals surface area contributed by atoms with Gasteiger partial charge in [0, 0.05) is 27.9 Å². The van der Waals surface area contributed by atoms with Gasteiger partial charge in [-0.05, 0) is 12.1 Å². The van der Waals surface area contributed by atoms with E-state index in [9.17, 15) is 4.91 Å². The van der Waals surface area contributed by atoms with Crippen molar-refractivity contribution in [1.29, 1.82) is 0 Å². The molecule has 0 atom stereocenters. The lowest BCUT2D eigenvalue weighted by atomic mass is 10.3. The van der Waals surface area contributed by atoms with Gasteiger partial charge in [0.25, 0.3) is 5.69 Å². The average molecular weight is 123 g/mol. The Bertz CT molecular complexity index is 205. The molecular formula is C6H7N2O+.